The molecule has 5 nitrogen and oxygen atoms in total. The fourth-order valence-corrected chi connectivity index (χ4v) is 2.35. The van der Waals surface area contributed by atoms with Gasteiger partial charge in [-0.25, -0.2) is 0 Å². The van der Waals surface area contributed by atoms with Gasteiger partial charge in [0.15, 0.2) is 0 Å². The van der Waals surface area contributed by atoms with Gasteiger partial charge in [-0.2, -0.15) is 0 Å². The Kier molecular flexibility index (Phi) is 4.99. The highest BCUT2D eigenvalue weighted by Crippen LogP contribution is 2.35. The third-order valence-electron chi connectivity index (χ3n) is 4.41. The van der Waals surface area contributed by atoms with Crippen LogP contribution in [0, 0.1) is 5.41 Å². The minimum atomic E-state index is -0.257. The summed E-state index contributed by atoms with van der Waals surface area (Å²) in [5.41, 5.74) is 5.76. The molecule has 4 N–H and O–H groups in total. The molecule has 1 aliphatic carbocycles. The molecule has 0 aromatic rings. The van der Waals surface area contributed by atoms with Crippen molar-refractivity contribution < 1.29 is 5.21 Å². The average molecular weight is 256 g/mol. The van der Waals surface area contributed by atoms with Crippen LogP contribution in [0.15, 0.2) is 5.16 Å². The Bertz CT molecular complexity index is 295. The number of nitrogens with one attached hydrogen (secondary N) is 1. The van der Waals surface area contributed by atoms with Crippen molar-refractivity contribution in [1.29, 1.82) is 0 Å². The molecule has 0 unspecified atom stereocenters. The standard InChI is InChI=1S/C13H28N4O/c1-12(2,11(14)16-18)8-9-15-10-13(17(3)4)6-5-7-13/h15,18H,5-10H2,1-4H3,(H2,14,16). The second-order valence-corrected chi connectivity index (χ2v) is 6.27. The molecule has 106 valence electrons. The number of hydrogen-bond donors (Lipinski definition) is 3. The van der Waals surface area contributed by atoms with Gasteiger partial charge in [0.1, 0.15) is 5.84 Å². The lowest BCUT2D eigenvalue weighted by Gasteiger charge is -2.47. The Morgan fingerprint density at radius 1 is 1.44 bits per heavy atom. The summed E-state index contributed by atoms with van der Waals surface area (Å²) in [6, 6.07) is 0. The lowest BCUT2D eigenvalue weighted by atomic mass is 9.75. The molecule has 1 saturated carbocycles. The summed E-state index contributed by atoms with van der Waals surface area (Å²) in [5.74, 6) is 0.301. The maximum atomic E-state index is 8.71. The summed E-state index contributed by atoms with van der Waals surface area (Å²) in [6.07, 6.45) is 4.75. The molecule has 1 fully saturated rings. The fourth-order valence-electron chi connectivity index (χ4n) is 2.35. The molecule has 0 aliphatic heterocycles. The second kappa shape index (κ2) is 5.89. The van der Waals surface area contributed by atoms with E-state index in [4.69, 9.17) is 10.9 Å². The van der Waals surface area contributed by atoms with Crippen LogP contribution < -0.4 is 11.1 Å². The molecule has 18 heavy (non-hydrogen) atoms. The Morgan fingerprint density at radius 2 is 2.06 bits per heavy atom. The third kappa shape index (κ3) is 3.36. The largest absolute Gasteiger partial charge is 0.409 e. The number of nitrogens with zero attached hydrogens (tertiary/aromatic N) is 2. The van der Waals surface area contributed by atoms with Crippen molar-refractivity contribution in [3.63, 3.8) is 0 Å². The Labute approximate surface area is 110 Å². The van der Waals surface area contributed by atoms with Crippen molar-refractivity contribution in [2.45, 2.75) is 45.1 Å². The highest BCUT2D eigenvalue weighted by atomic mass is 16.4. The summed E-state index contributed by atoms with van der Waals surface area (Å²) in [4.78, 5) is 2.33. The first-order valence-electron chi connectivity index (χ1n) is 6.70. The molecule has 0 radical (unpaired) electrons. The minimum absolute atomic E-state index is 0.257. The van der Waals surface area contributed by atoms with Gasteiger partial charge in [0, 0.05) is 17.5 Å². The van der Waals surface area contributed by atoms with Gasteiger partial charge in [-0.3, -0.25) is 0 Å². The Balaban J connectivity index is 2.31. The number of nitrogens with two attached hydrogens (primary N) is 1. The van der Waals surface area contributed by atoms with Crippen LogP contribution >= 0.6 is 0 Å². The normalized spacial score (nSPS) is 19.9. The first-order valence-corrected chi connectivity index (χ1v) is 6.70. The number of oxime groups is 1. The molecule has 0 spiro atoms. The van der Waals surface area contributed by atoms with E-state index in [2.05, 4.69) is 29.5 Å². The summed E-state index contributed by atoms with van der Waals surface area (Å²) < 4.78 is 0. The molecule has 0 atom stereocenters. The molecule has 0 amide bonds. The SMILES string of the molecule is CN(C)C1(CNCCC(C)(C)C(N)=NO)CCC1. The van der Waals surface area contributed by atoms with E-state index in [1.165, 1.54) is 19.3 Å². The van der Waals surface area contributed by atoms with E-state index >= 15 is 0 Å². The summed E-state index contributed by atoms with van der Waals surface area (Å²) in [7, 11) is 4.31. The van der Waals surface area contributed by atoms with Crippen LogP contribution in [0.5, 0.6) is 0 Å². The van der Waals surface area contributed by atoms with Gasteiger partial charge in [0.25, 0.3) is 0 Å². The van der Waals surface area contributed by atoms with Crippen molar-refractivity contribution in [2.75, 3.05) is 27.2 Å². The van der Waals surface area contributed by atoms with Gasteiger partial charge in [-0.05, 0) is 46.3 Å². The summed E-state index contributed by atoms with van der Waals surface area (Å²) in [6.45, 7) is 5.90. The van der Waals surface area contributed by atoms with Crippen molar-refractivity contribution in [1.82, 2.24) is 10.2 Å². The van der Waals surface area contributed by atoms with Crippen LogP contribution in [-0.4, -0.2) is 48.7 Å². The van der Waals surface area contributed by atoms with Crippen LogP contribution in [0.3, 0.4) is 0 Å². The van der Waals surface area contributed by atoms with Crippen LogP contribution in [0.2, 0.25) is 0 Å². The van der Waals surface area contributed by atoms with Gasteiger partial charge >= 0.3 is 0 Å². The monoisotopic (exact) mass is 256 g/mol. The molecule has 0 saturated heterocycles. The van der Waals surface area contributed by atoms with E-state index in [1.807, 2.05) is 13.8 Å². The lowest BCUT2D eigenvalue weighted by molar-refractivity contribution is 0.0598. The zero-order valence-corrected chi connectivity index (χ0v) is 12.2. The Morgan fingerprint density at radius 3 is 2.44 bits per heavy atom. The van der Waals surface area contributed by atoms with E-state index in [0.29, 0.717) is 11.4 Å². The number of rotatable bonds is 7. The first-order chi connectivity index (χ1) is 8.34. The van der Waals surface area contributed by atoms with Crippen LogP contribution in [0.4, 0.5) is 0 Å². The Hall–Kier alpha value is -0.810. The smallest absolute Gasteiger partial charge is 0.144 e. The van der Waals surface area contributed by atoms with Gasteiger partial charge in [-0.1, -0.05) is 19.0 Å². The molecular weight excluding hydrogens is 228 g/mol. The van der Waals surface area contributed by atoms with Crippen molar-refractivity contribution >= 4 is 5.84 Å². The fraction of sp³-hybridized carbons (Fsp3) is 0.923. The topological polar surface area (TPSA) is 73.9 Å². The lowest BCUT2D eigenvalue weighted by Crippen LogP contribution is -2.56. The molecule has 5 heteroatoms. The molecule has 0 aromatic heterocycles. The van der Waals surface area contributed by atoms with Crippen LogP contribution in [0.1, 0.15) is 39.5 Å². The summed E-state index contributed by atoms with van der Waals surface area (Å²) >= 11 is 0. The average Bonchev–Trinajstić information content (AvgIpc) is 2.24. The highest BCUT2D eigenvalue weighted by Gasteiger charge is 2.38. The van der Waals surface area contributed by atoms with E-state index in [9.17, 15) is 0 Å². The molecule has 0 bridgehead atoms. The first kappa shape index (κ1) is 15.2. The third-order valence-corrected chi connectivity index (χ3v) is 4.41. The van der Waals surface area contributed by atoms with Gasteiger partial charge < -0.3 is 21.2 Å². The van der Waals surface area contributed by atoms with Gasteiger partial charge in [-0.15, -0.1) is 0 Å². The van der Waals surface area contributed by atoms with Crippen molar-refractivity contribution in [3.05, 3.63) is 0 Å². The van der Waals surface area contributed by atoms with Gasteiger partial charge in [0.05, 0.1) is 0 Å². The highest BCUT2D eigenvalue weighted by molar-refractivity contribution is 5.85. The van der Waals surface area contributed by atoms with E-state index in [1.54, 1.807) is 0 Å². The maximum absolute atomic E-state index is 8.71. The van der Waals surface area contributed by atoms with Crippen molar-refractivity contribution in [2.24, 2.45) is 16.3 Å². The predicted octanol–water partition coefficient (Wildman–Crippen LogP) is 1.22. The zero-order chi connectivity index (χ0) is 13.8. The minimum Gasteiger partial charge on any atom is -0.409 e. The summed E-state index contributed by atoms with van der Waals surface area (Å²) in [5, 5.41) is 15.3. The van der Waals surface area contributed by atoms with E-state index in [-0.39, 0.29) is 5.41 Å². The molecule has 1 rings (SSSR count). The molecule has 0 aromatic carbocycles. The molecule has 0 heterocycles. The molecule has 1 aliphatic rings. The predicted molar refractivity (Wildman–Crippen MR) is 74.9 cm³/mol. The zero-order valence-electron chi connectivity index (χ0n) is 12.2. The van der Waals surface area contributed by atoms with E-state index in [0.717, 1.165) is 19.5 Å². The van der Waals surface area contributed by atoms with Crippen molar-refractivity contribution in [3.8, 4) is 0 Å². The van der Waals surface area contributed by atoms with Crippen LogP contribution in [-0.2, 0) is 0 Å². The van der Waals surface area contributed by atoms with Gasteiger partial charge in [0.2, 0.25) is 0 Å². The number of hydrogen-bond acceptors (Lipinski definition) is 4. The van der Waals surface area contributed by atoms with E-state index < -0.39 is 0 Å². The molecular formula is C13H28N4O. The second-order valence-electron chi connectivity index (χ2n) is 6.27. The van der Waals surface area contributed by atoms with Crippen LogP contribution in [0.25, 0.3) is 0 Å². The number of likely N-dealkylation sites (N-methyl/N-ethyl adjacent to an activating group) is 1. The number of amidine groups is 1. The quantitative estimate of drug-likeness (QED) is 0.210. The maximum Gasteiger partial charge on any atom is 0.144 e.